The summed E-state index contributed by atoms with van der Waals surface area (Å²) in [5.41, 5.74) is 33.6. The molecule has 0 bridgehead atoms. The van der Waals surface area contributed by atoms with Gasteiger partial charge in [0.15, 0.2) is 11.9 Å². The van der Waals surface area contributed by atoms with Crippen molar-refractivity contribution >= 4 is 65.2 Å². The Labute approximate surface area is 423 Å². The minimum Gasteiger partial charge on any atom is -0.508 e. The summed E-state index contributed by atoms with van der Waals surface area (Å²) < 4.78 is 0. The molecule has 0 aliphatic rings. The van der Waals surface area contributed by atoms with Gasteiger partial charge in [-0.25, -0.2) is 4.79 Å². The van der Waals surface area contributed by atoms with Crippen molar-refractivity contribution in [3.8, 4) is 5.75 Å². The molecule has 0 heterocycles. The first kappa shape index (κ1) is 63.7. The van der Waals surface area contributed by atoms with Gasteiger partial charge in [0.1, 0.15) is 48.0 Å². The number of hydrogen-bond acceptors (Lipinski definition) is 15. The molecule has 410 valence electrons. The first-order chi connectivity index (χ1) is 34.3. The Hall–Kier alpha value is -7.33. The van der Waals surface area contributed by atoms with Crippen molar-refractivity contribution in [2.45, 2.75) is 153 Å². The van der Waals surface area contributed by atoms with Gasteiger partial charge in [-0.3, -0.25) is 48.3 Å². The van der Waals surface area contributed by atoms with E-state index in [1.54, 1.807) is 13.8 Å². The van der Waals surface area contributed by atoms with Gasteiger partial charge in [-0.05, 0) is 95.4 Å². The zero-order valence-electron chi connectivity index (χ0n) is 41.8. The molecule has 0 saturated carbocycles. The molecule has 28 nitrogen and oxygen atoms in total. The fourth-order valence-electron chi connectivity index (χ4n) is 6.87. The maximum atomic E-state index is 14.2. The number of amides is 7. The molecule has 0 aliphatic heterocycles. The highest BCUT2D eigenvalue weighted by molar-refractivity contribution is 5.98. The third-order valence-electron chi connectivity index (χ3n) is 11.3. The minimum atomic E-state index is -1.68. The van der Waals surface area contributed by atoms with Crippen molar-refractivity contribution in [2.75, 3.05) is 19.6 Å². The Morgan fingerprint density at radius 1 is 0.575 bits per heavy atom. The number of rotatable bonds is 35. The summed E-state index contributed by atoms with van der Waals surface area (Å²) in [4.78, 5) is 127. The van der Waals surface area contributed by atoms with E-state index in [-0.39, 0.29) is 82.2 Å². The molecule has 0 fully saturated rings. The molecule has 28 heteroatoms. The largest absolute Gasteiger partial charge is 0.508 e. The normalized spacial score (nSPS) is 15.1. The number of phenolic OH excluding ortho intramolecular Hbond substituents is 1. The summed E-state index contributed by atoms with van der Waals surface area (Å²) in [6.07, 6.45) is -1.12. The molecule has 10 atom stereocenters. The lowest BCUT2D eigenvalue weighted by Gasteiger charge is -2.29. The number of benzene rings is 1. The van der Waals surface area contributed by atoms with Crippen LogP contribution in [0.15, 0.2) is 34.3 Å². The highest BCUT2D eigenvalue weighted by Gasteiger charge is 2.36. The number of aliphatic carboxylic acids is 2. The Morgan fingerprint density at radius 2 is 1.04 bits per heavy atom. The van der Waals surface area contributed by atoms with Crippen LogP contribution in [-0.2, 0) is 49.6 Å². The Balaban J connectivity index is 3.49. The second-order valence-corrected chi connectivity index (χ2v) is 17.5. The number of carbonyl (C=O) groups excluding carboxylic acids is 7. The van der Waals surface area contributed by atoms with Gasteiger partial charge in [-0.2, -0.15) is 0 Å². The van der Waals surface area contributed by atoms with Crippen molar-refractivity contribution in [1.82, 2.24) is 37.2 Å². The fourth-order valence-corrected chi connectivity index (χ4v) is 6.87. The molecular formula is C45H77N15O13. The van der Waals surface area contributed by atoms with E-state index in [9.17, 15) is 58.5 Å². The maximum Gasteiger partial charge on any atom is 0.326 e. The van der Waals surface area contributed by atoms with Gasteiger partial charge in [0.25, 0.3) is 0 Å². The molecule has 0 saturated heterocycles. The van der Waals surface area contributed by atoms with Gasteiger partial charge in [0.05, 0.1) is 12.1 Å². The maximum absolute atomic E-state index is 14.2. The number of aliphatic imine (C=N–C) groups is 2. The van der Waals surface area contributed by atoms with E-state index in [1.807, 2.05) is 0 Å². The zero-order valence-corrected chi connectivity index (χ0v) is 41.8. The van der Waals surface area contributed by atoms with Gasteiger partial charge in [0.2, 0.25) is 41.4 Å². The molecular weight excluding hydrogens is 959 g/mol. The average molecular weight is 1040 g/mol. The average Bonchev–Trinajstić information content (AvgIpc) is 3.32. The lowest BCUT2D eigenvalue weighted by molar-refractivity contribution is -0.143. The van der Waals surface area contributed by atoms with E-state index in [0.29, 0.717) is 24.8 Å². The second-order valence-electron chi connectivity index (χ2n) is 17.5. The van der Waals surface area contributed by atoms with Crippen molar-refractivity contribution in [3.05, 3.63) is 29.8 Å². The Bertz CT molecular complexity index is 2050. The number of carbonyl (C=O) groups is 9. The first-order valence-corrected chi connectivity index (χ1v) is 23.9. The lowest BCUT2D eigenvalue weighted by atomic mass is 9.96. The molecule has 1 aromatic carbocycles. The van der Waals surface area contributed by atoms with Crippen LogP contribution in [0.25, 0.3) is 0 Å². The zero-order chi connectivity index (χ0) is 55.4. The van der Waals surface area contributed by atoms with Crippen molar-refractivity contribution in [1.29, 1.82) is 0 Å². The van der Waals surface area contributed by atoms with Gasteiger partial charge in [0, 0.05) is 25.9 Å². The highest BCUT2D eigenvalue weighted by Crippen LogP contribution is 2.15. The predicted molar refractivity (Wildman–Crippen MR) is 267 cm³/mol. The number of hydrogen-bond donors (Lipinski definition) is 17. The summed E-state index contributed by atoms with van der Waals surface area (Å²) in [7, 11) is 0. The third kappa shape index (κ3) is 25.1. The number of nitrogens with zero attached hydrogens (tertiary/aromatic N) is 2. The molecule has 73 heavy (non-hydrogen) atoms. The number of aromatic hydroxyl groups is 1. The predicted octanol–water partition coefficient (Wildman–Crippen LogP) is -4.71. The molecule has 1 aromatic rings. The van der Waals surface area contributed by atoms with Crippen LogP contribution in [0.3, 0.4) is 0 Å². The highest BCUT2D eigenvalue weighted by atomic mass is 16.4. The number of carboxylic acid groups (broad SMARTS) is 2. The number of nitrogens with one attached hydrogen (secondary N) is 7. The second kappa shape index (κ2) is 33.3. The number of unbranched alkanes of at least 4 members (excludes halogenated alkanes) is 1. The topological polar surface area (TPSA) is 500 Å². The summed E-state index contributed by atoms with van der Waals surface area (Å²) in [6.45, 7) is 6.21. The van der Waals surface area contributed by atoms with Gasteiger partial charge in [-0.15, -0.1) is 0 Å². The van der Waals surface area contributed by atoms with Gasteiger partial charge in [-0.1, -0.05) is 32.4 Å². The molecule has 0 aliphatic carbocycles. The third-order valence-corrected chi connectivity index (χ3v) is 11.3. The molecule has 1 rings (SSSR count). The molecule has 0 aromatic heterocycles. The summed E-state index contributed by atoms with van der Waals surface area (Å²) >= 11 is 0. The lowest BCUT2D eigenvalue weighted by Crippen LogP contribution is -2.61. The molecule has 23 N–H and O–H groups in total. The van der Waals surface area contributed by atoms with E-state index in [2.05, 4.69) is 47.2 Å². The van der Waals surface area contributed by atoms with Crippen LogP contribution in [0.2, 0.25) is 0 Å². The van der Waals surface area contributed by atoms with E-state index in [1.165, 1.54) is 38.1 Å². The van der Waals surface area contributed by atoms with Crippen LogP contribution in [0.5, 0.6) is 5.75 Å². The fraction of sp³-hybridized carbons (Fsp3) is 0.622. The number of nitrogens with two attached hydrogens (primary N) is 6. The SMILES string of the molecule is CC[C@H](C)[C@H](NC(=O)[C@H](CCCN=C(N)N)NC(=O)[C@@H](N)CCC(=O)O)C(=O)N[C@@H](Cc1ccc(O)cc1)C(=O)N[C@@H](C)C(=O)N[C@@H](CCCN=C(N)N)C(=O)N[C@H](C(=O)N[C@@H](CCCCN)C(=O)O)[C@@H](C)O. The quantitative estimate of drug-likeness (QED) is 0.0173. The van der Waals surface area contributed by atoms with Crippen LogP contribution in [0.1, 0.15) is 97.5 Å². The molecule has 0 spiro atoms. The number of aliphatic hydroxyl groups excluding tert-OH is 1. The van der Waals surface area contributed by atoms with Crippen LogP contribution >= 0.6 is 0 Å². The van der Waals surface area contributed by atoms with Gasteiger partial charge < -0.3 is 92.0 Å². The van der Waals surface area contributed by atoms with Crippen LogP contribution in [-0.4, -0.2) is 160 Å². The number of guanidine groups is 2. The van der Waals surface area contributed by atoms with Gasteiger partial charge >= 0.3 is 11.9 Å². The van der Waals surface area contributed by atoms with Crippen molar-refractivity contribution < 1.29 is 63.6 Å². The Kier molecular flexibility index (Phi) is 29.1. The van der Waals surface area contributed by atoms with Crippen LogP contribution < -0.4 is 71.6 Å². The first-order valence-electron chi connectivity index (χ1n) is 23.9. The summed E-state index contributed by atoms with van der Waals surface area (Å²) in [5, 5.41) is 56.7. The monoisotopic (exact) mass is 1040 g/mol. The summed E-state index contributed by atoms with van der Waals surface area (Å²) in [6, 6.07) is -5.63. The minimum absolute atomic E-state index is 0.00585. The number of aliphatic hydroxyl groups is 1. The van der Waals surface area contributed by atoms with Crippen LogP contribution in [0, 0.1) is 5.92 Å². The van der Waals surface area contributed by atoms with Crippen molar-refractivity contribution in [3.63, 3.8) is 0 Å². The van der Waals surface area contributed by atoms with Crippen LogP contribution in [0.4, 0.5) is 0 Å². The van der Waals surface area contributed by atoms with E-state index < -0.39 is 120 Å². The Morgan fingerprint density at radius 3 is 1.52 bits per heavy atom. The number of phenols is 1. The smallest absolute Gasteiger partial charge is 0.326 e. The number of carboxylic acids is 2. The molecule has 7 amide bonds. The molecule has 0 radical (unpaired) electrons. The summed E-state index contributed by atoms with van der Waals surface area (Å²) in [5.74, 6) is -10.0. The van der Waals surface area contributed by atoms with E-state index >= 15 is 0 Å². The standard InChI is InChI=1S/C45H77N15O13/c1-5-23(2)34(59-38(67)30(12-9-21-53-45(50)51)56-37(66)28(47)17-18-33(63)64)41(70)58-32(22-26-13-15-27(62)16-14-26)40(69)54-24(3)36(65)55-29(11-8-20-52-44(48)49)39(68)60-35(25(4)61)42(71)57-31(43(72)73)10-6-7-19-46/h13-16,23-25,28-32,34-35,61-62H,5-12,17-22,46-47H2,1-4H3,(H,54,69)(H,55,65)(H,56,66)(H,57,71)(H,58,70)(H,59,67)(H,60,68)(H,63,64)(H,72,73)(H4,48,49,52)(H4,50,51,53)/t23-,24-,25+,28-,29-,30-,31-,32-,34-,35-/m0/s1. The molecule has 0 unspecified atom stereocenters. The van der Waals surface area contributed by atoms with Crippen molar-refractivity contribution in [2.24, 2.45) is 50.3 Å². The van der Waals surface area contributed by atoms with E-state index in [0.717, 1.165) is 0 Å². The van der Waals surface area contributed by atoms with E-state index in [4.69, 9.17) is 39.5 Å².